The number of hydrogen-bond donors (Lipinski definition) is 1. The van der Waals surface area contributed by atoms with Gasteiger partial charge in [-0.15, -0.1) is 11.3 Å². The van der Waals surface area contributed by atoms with Gasteiger partial charge in [0.25, 0.3) is 0 Å². The van der Waals surface area contributed by atoms with Crippen LogP contribution in [0.2, 0.25) is 0 Å². The van der Waals surface area contributed by atoms with Crippen molar-refractivity contribution >= 4 is 17.3 Å². The summed E-state index contributed by atoms with van der Waals surface area (Å²) >= 11 is 1.32. The van der Waals surface area contributed by atoms with E-state index in [1.54, 1.807) is 12.1 Å². The quantitative estimate of drug-likeness (QED) is 0.834. The number of rotatable bonds is 2. The van der Waals surface area contributed by atoms with E-state index in [9.17, 15) is 9.90 Å². The summed E-state index contributed by atoms with van der Waals surface area (Å²) in [6, 6.07) is 5.56. The van der Waals surface area contributed by atoms with Gasteiger partial charge in [0, 0.05) is 4.88 Å². The first-order valence-corrected chi connectivity index (χ1v) is 5.74. The topological polar surface area (TPSA) is 61.1 Å². The number of nitrogens with zero attached hydrogens (tertiary/aromatic N) is 1. The number of hydrogen-bond acceptors (Lipinski definition) is 3. The normalized spacial score (nSPS) is 18.6. The van der Waals surface area contributed by atoms with Crippen molar-refractivity contribution < 1.29 is 9.90 Å². The second kappa shape index (κ2) is 3.67. The third kappa shape index (κ3) is 1.53. The fourth-order valence-electron chi connectivity index (χ4n) is 2.20. The van der Waals surface area contributed by atoms with E-state index in [1.165, 1.54) is 11.3 Å². The van der Waals surface area contributed by atoms with Gasteiger partial charge in [-0.3, -0.25) is 4.79 Å². The van der Waals surface area contributed by atoms with Crippen LogP contribution in [0.3, 0.4) is 0 Å². The fourth-order valence-corrected chi connectivity index (χ4v) is 3.24. The average molecular weight is 221 g/mol. The Balaban J connectivity index is 2.41. The van der Waals surface area contributed by atoms with E-state index in [2.05, 4.69) is 6.07 Å². The highest BCUT2D eigenvalue weighted by Gasteiger charge is 2.43. The van der Waals surface area contributed by atoms with Crippen LogP contribution in [-0.2, 0) is 10.2 Å². The molecule has 1 aliphatic carbocycles. The Morgan fingerprint density at radius 2 is 2.13 bits per heavy atom. The molecule has 0 radical (unpaired) electrons. The molecule has 0 saturated heterocycles. The van der Waals surface area contributed by atoms with Crippen molar-refractivity contribution in [3.8, 4) is 6.07 Å². The maximum Gasteiger partial charge on any atom is 0.314 e. The van der Waals surface area contributed by atoms with E-state index in [0.29, 0.717) is 17.7 Å². The Hall–Kier alpha value is -1.34. The van der Waals surface area contributed by atoms with E-state index in [0.717, 1.165) is 17.7 Å². The minimum absolute atomic E-state index is 0.595. The van der Waals surface area contributed by atoms with E-state index in [4.69, 9.17) is 5.26 Å². The van der Waals surface area contributed by atoms with Gasteiger partial charge >= 0.3 is 5.97 Å². The summed E-state index contributed by atoms with van der Waals surface area (Å²) in [7, 11) is 0. The SMILES string of the molecule is N#Cc1ccc(C2(C(=O)O)CCCC2)s1. The first-order chi connectivity index (χ1) is 7.19. The van der Waals surface area contributed by atoms with Crippen molar-refractivity contribution in [2.45, 2.75) is 31.1 Å². The average Bonchev–Trinajstić information content (AvgIpc) is 2.87. The number of nitriles is 1. The molecule has 1 aromatic rings. The second-order valence-electron chi connectivity index (χ2n) is 3.87. The van der Waals surface area contributed by atoms with E-state index < -0.39 is 11.4 Å². The van der Waals surface area contributed by atoms with E-state index in [1.807, 2.05) is 0 Å². The zero-order valence-electron chi connectivity index (χ0n) is 8.19. The molecule has 2 rings (SSSR count). The molecule has 1 heterocycles. The first-order valence-electron chi connectivity index (χ1n) is 4.93. The molecule has 0 atom stereocenters. The number of carboxylic acids is 1. The summed E-state index contributed by atoms with van der Waals surface area (Å²) in [5.41, 5.74) is -0.709. The Morgan fingerprint density at radius 1 is 1.47 bits per heavy atom. The Morgan fingerprint density at radius 3 is 2.60 bits per heavy atom. The Labute approximate surface area is 92.0 Å². The summed E-state index contributed by atoms with van der Waals surface area (Å²) < 4.78 is 0. The molecule has 1 saturated carbocycles. The standard InChI is InChI=1S/C11H11NO2S/c12-7-8-3-4-9(15-8)11(10(13)14)5-1-2-6-11/h3-4H,1-2,5-6H2,(H,13,14). The third-order valence-electron chi connectivity index (χ3n) is 3.05. The van der Waals surface area contributed by atoms with Gasteiger partial charge in [-0.05, 0) is 25.0 Å². The Bertz CT molecular complexity index is 424. The van der Waals surface area contributed by atoms with E-state index >= 15 is 0 Å². The van der Waals surface area contributed by atoms with Crippen molar-refractivity contribution in [1.82, 2.24) is 0 Å². The van der Waals surface area contributed by atoms with Gasteiger partial charge in [0.15, 0.2) is 0 Å². The van der Waals surface area contributed by atoms with Crippen LogP contribution in [-0.4, -0.2) is 11.1 Å². The molecule has 0 bridgehead atoms. The van der Waals surface area contributed by atoms with Gasteiger partial charge in [-0.2, -0.15) is 5.26 Å². The van der Waals surface area contributed by atoms with Gasteiger partial charge in [-0.1, -0.05) is 12.8 Å². The predicted octanol–water partition coefficient (Wildman–Crippen LogP) is 2.52. The highest BCUT2D eigenvalue weighted by Crippen LogP contribution is 2.43. The largest absolute Gasteiger partial charge is 0.481 e. The van der Waals surface area contributed by atoms with Crippen molar-refractivity contribution in [3.05, 3.63) is 21.9 Å². The van der Waals surface area contributed by atoms with Crippen molar-refractivity contribution in [2.75, 3.05) is 0 Å². The predicted molar refractivity (Wildman–Crippen MR) is 56.8 cm³/mol. The summed E-state index contributed by atoms with van der Waals surface area (Å²) in [5, 5.41) is 18.1. The first kappa shape index (κ1) is 10.2. The Kier molecular flexibility index (Phi) is 2.49. The van der Waals surface area contributed by atoms with Crippen molar-refractivity contribution in [2.24, 2.45) is 0 Å². The lowest BCUT2D eigenvalue weighted by Crippen LogP contribution is -2.31. The van der Waals surface area contributed by atoms with Crippen LogP contribution in [0.25, 0.3) is 0 Å². The molecule has 0 aromatic carbocycles. The minimum atomic E-state index is -0.744. The molecule has 1 aliphatic rings. The van der Waals surface area contributed by atoms with Crippen LogP contribution in [0.5, 0.6) is 0 Å². The zero-order chi connectivity index (χ0) is 10.9. The molecular weight excluding hydrogens is 210 g/mol. The maximum absolute atomic E-state index is 11.3. The van der Waals surface area contributed by atoms with Gasteiger partial charge in [0.2, 0.25) is 0 Å². The van der Waals surface area contributed by atoms with Gasteiger partial charge in [-0.25, -0.2) is 0 Å². The monoisotopic (exact) mass is 221 g/mol. The molecule has 1 N–H and O–H groups in total. The van der Waals surface area contributed by atoms with Gasteiger partial charge < -0.3 is 5.11 Å². The van der Waals surface area contributed by atoms with Crippen molar-refractivity contribution in [3.63, 3.8) is 0 Å². The van der Waals surface area contributed by atoms with Crippen LogP contribution in [0, 0.1) is 11.3 Å². The lowest BCUT2D eigenvalue weighted by molar-refractivity contribution is -0.143. The van der Waals surface area contributed by atoms with Crippen LogP contribution in [0.4, 0.5) is 0 Å². The maximum atomic E-state index is 11.3. The summed E-state index contributed by atoms with van der Waals surface area (Å²) in [4.78, 5) is 12.8. The second-order valence-corrected chi connectivity index (χ2v) is 4.95. The summed E-state index contributed by atoms with van der Waals surface area (Å²) in [5.74, 6) is -0.744. The molecule has 1 aromatic heterocycles. The highest BCUT2D eigenvalue weighted by atomic mass is 32.1. The lowest BCUT2D eigenvalue weighted by atomic mass is 9.85. The molecule has 0 amide bonds. The smallest absolute Gasteiger partial charge is 0.314 e. The van der Waals surface area contributed by atoms with Crippen LogP contribution < -0.4 is 0 Å². The number of carbonyl (C=O) groups is 1. The molecular formula is C11H11NO2S. The fraction of sp³-hybridized carbons (Fsp3) is 0.455. The number of thiophene rings is 1. The van der Waals surface area contributed by atoms with Crippen LogP contribution in [0.15, 0.2) is 12.1 Å². The van der Waals surface area contributed by atoms with Crippen LogP contribution in [0.1, 0.15) is 35.4 Å². The molecule has 78 valence electrons. The highest BCUT2D eigenvalue weighted by molar-refractivity contribution is 7.12. The molecule has 0 spiro atoms. The molecule has 0 unspecified atom stereocenters. The van der Waals surface area contributed by atoms with Crippen molar-refractivity contribution in [1.29, 1.82) is 5.26 Å². The zero-order valence-corrected chi connectivity index (χ0v) is 9.01. The van der Waals surface area contributed by atoms with Gasteiger partial charge in [0.05, 0.1) is 0 Å². The van der Waals surface area contributed by atoms with Gasteiger partial charge in [0.1, 0.15) is 16.4 Å². The van der Waals surface area contributed by atoms with E-state index in [-0.39, 0.29) is 0 Å². The molecule has 3 nitrogen and oxygen atoms in total. The number of carboxylic acid groups (broad SMARTS) is 1. The molecule has 0 aliphatic heterocycles. The molecule has 15 heavy (non-hydrogen) atoms. The van der Waals surface area contributed by atoms with Crippen LogP contribution >= 0.6 is 11.3 Å². The molecule has 4 heteroatoms. The molecule has 1 fully saturated rings. The summed E-state index contributed by atoms with van der Waals surface area (Å²) in [6.45, 7) is 0. The third-order valence-corrected chi connectivity index (χ3v) is 4.25. The lowest BCUT2D eigenvalue weighted by Gasteiger charge is -2.21. The number of aliphatic carboxylic acids is 1. The minimum Gasteiger partial charge on any atom is -0.481 e. The summed E-state index contributed by atoms with van der Waals surface area (Å²) in [6.07, 6.45) is 3.33.